The number of morpholine rings is 1. The first-order valence-electron chi connectivity index (χ1n) is 5.46. The standard InChI is InChI=1S/C10H19N3O2.ClH/c1-7(11)10(14)13-5-8-9(6-13)15-4-3-12(8)2;/h7-9H,3-6,11H2,1-2H3;1H/t7-,8?,9?;/m0./s1. The molecule has 0 aromatic carbocycles. The molecule has 2 aliphatic heterocycles. The maximum atomic E-state index is 11.7. The largest absolute Gasteiger partial charge is 0.373 e. The van der Waals surface area contributed by atoms with Crippen molar-refractivity contribution in [3.05, 3.63) is 0 Å². The number of hydrogen-bond acceptors (Lipinski definition) is 4. The van der Waals surface area contributed by atoms with Gasteiger partial charge < -0.3 is 15.4 Å². The highest BCUT2D eigenvalue weighted by Crippen LogP contribution is 2.21. The van der Waals surface area contributed by atoms with Crippen LogP contribution in [0.2, 0.25) is 0 Å². The van der Waals surface area contributed by atoms with E-state index in [2.05, 4.69) is 11.9 Å². The first-order valence-corrected chi connectivity index (χ1v) is 5.46. The molecule has 2 heterocycles. The van der Waals surface area contributed by atoms with Gasteiger partial charge in [-0.05, 0) is 14.0 Å². The Morgan fingerprint density at radius 2 is 2.19 bits per heavy atom. The van der Waals surface area contributed by atoms with Crippen molar-refractivity contribution in [1.82, 2.24) is 9.80 Å². The van der Waals surface area contributed by atoms with Crippen molar-refractivity contribution < 1.29 is 9.53 Å². The van der Waals surface area contributed by atoms with E-state index in [0.29, 0.717) is 12.6 Å². The normalized spacial score (nSPS) is 31.8. The van der Waals surface area contributed by atoms with Gasteiger partial charge in [-0.3, -0.25) is 9.69 Å². The zero-order chi connectivity index (χ0) is 11.0. The fraction of sp³-hybridized carbons (Fsp3) is 0.900. The van der Waals surface area contributed by atoms with Crippen molar-refractivity contribution >= 4 is 18.3 Å². The summed E-state index contributed by atoms with van der Waals surface area (Å²) in [5, 5.41) is 0. The summed E-state index contributed by atoms with van der Waals surface area (Å²) in [6.45, 7) is 4.88. The number of hydrogen-bond donors (Lipinski definition) is 1. The lowest BCUT2D eigenvalue weighted by Gasteiger charge is -2.33. The van der Waals surface area contributed by atoms with Gasteiger partial charge in [0.05, 0.1) is 24.8 Å². The number of fused-ring (bicyclic) bond motifs is 1. The molecule has 0 bridgehead atoms. The molecule has 94 valence electrons. The minimum Gasteiger partial charge on any atom is -0.373 e. The molecule has 6 heteroatoms. The van der Waals surface area contributed by atoms with Gasteiger partial charge in [0.15, 0.2) is 0 Å². The van der Waals surface area contributed by atoms with E-state index in [1.54, 1.807) is 6.92 Å². The summed E-state index contributed by atoms with van der Waals surface area (Å²) in [5.74, 6) is 0.0291. The summed E-state index contributed by atoms with van der Waals surface area (Å²) in [5.41, 5.74) is 5.59. The predicted octanol–water partition coefficient (Wildman–Crippen LogP) is -0.703. The molecule has 2 saturated heterocycles. The Morgan fingerprint density at radius 1 is 1.50 bits per heavy atom. The van der Waals surface area contributed by atoms with Crippen LogP contribution < -0.4 is 5.73 Å². The Kier molecular flexibility index (Phi) is 4.55. The summed E-state index contributed by atoms with van der Waals surface area (Å²) < 4.78 is 5.66. The number of nitrogens with two attached hydrogens (primary N) is 1. The number of carbonyl (C=O) groups excluding carboxylic acids is 1. The Bertz CT molecular complexity index is 262. The first kappa shape index (κ1) is 13.7. The lowest BCUT2D eigenvalue weighted by Crippen LogP contribution is -2.48. The van der Waals surface area contributed by atoms with E-state index >= 15 is 0 Å². The molecule has 2 rings (SSSR count). The molecule has 2 unspecified atom stereocenters. The third-order valence-corrected chi connectivity index (χ3v) is 3.28. The van der Waals surface area contributed by atoms with Crippen molar-refractivity contribution in [3.8, 4) is 0 Å². The van der Waals surface area contributed by atoms with E-state index in [4.69, 9.17) is 10.5 Å². The number of halogens is 1. The molecule has 2 N–H and O–H groups in total. The number of amides is 1. The Balaban J connectivity index is 0.00000128. The highest BCUT2D eigenvalue weighted by molar-refractivity contribution is 5.85. The summed E-state index contributed by atoms with van der Waals surface area (Å²) in [7, 11) is 2.08. The minimum absolute atomic E-state index is 0. The Morgan fingerprint density at radius 3 is 2.75 bits per heavy atom. The van der Waals surface area contributed by atoms with Crippen LogP contribution >= 0.6 is 12.4 Å². The SMILES string of the molecule is C[C@H](N)C(=O)N1CC2OCCN(C)C2C1.Cl. The van der Waals surface area contributed by atoms with Gasteiger partial charge in [-0.15, -0.1) is 12.4 Å². The monoisotopic (exact) mass is 249 g/mol. The molecular formula is C10H20ClN3O2. The third kappa shape index (κ3) is 2.48. The summed E-state index contributed by atoms with van der Waals surface area (Å²) >= 11 is 0. The summed E-state index contributed by atoms with van der Waals surface area (Å²) in [6.07, 6.45) is 0.173. The predicted molar refractivity (Wildman–Crippen MR) is 63.6 cm³/mol. The summed E-state index contributed by atoms with van der Waals surface area (Å²) in [4.78, 5) is 15.8. The fourth-order valence-corrected chi connectivity index (χ4v) is 2.33. The molecule has 0 spiro atoms. The zero-order valence-corrected chi connectivity index (χ0v) is 10.6. The number of likely N-dealkylation sites (N-methyl/N-ethyl adjacent to an activating group) is 1. The molecule has 5 nitrogen and oxygen atoms in total. The van der Waals surface area contributed by atoms with Crippen LogP contribution in [-0.4, -0.2) is 67.2 Å². The van der Waals surface area contributed by atoms with Gasteiger partial charge in [-0.1, -0.05) is 0 Å². The molecule has 0 aromatic rings. The molecule has 3 atom stereocenters. The molecule has 0 aliphatic carbocycles. The zero-order valence-electron chi connectivity index (χ0n) is 9.76. The number of likely N-dealkylation sites (tertiary alicyclic amines) is 1. The van der Waals surface area contributed by atoms with Crippen molar-refractivity contribution in [2.24, 2.45) is 5.73 Å². The van der Waals surface area contributed by atoms with Gasteiger partial charge in [-0.25, -0.2) is 0 Å². The molecule has 0 aromatic heterocycles. The van der Waals surface area contributed by atoms with Gasteiger partial charge in [0.25, 0.3) is 0 Å². The second kappa shape index (κ2) is 5.31. The average molecular weight is 250 g/mol. The van der Waals surface area contributed by atoms with Gasteiger partial charge in [0, 0.05) is 19.6 Å². The molecule has 0 saturated carbocycles. The molecule has 2 fully saturated rings. The van der Waals surface area contributed by atoms with Crippen LogP contribution in [0.4, 0.5) is 0 Å². The van der Waals surface area contributed by atoms with Crippen molar-refractivity contribution in [2.75, 3.05) is 33.3 Å². The van der Waals surface area contributed by atoms with E-state index in [1.807, 2.05) is 4.90 Å². The van der Waals surface area contributed by atoms with E-state index in [0.717, 1.165) is 19.7 Å². The Labute approximate surface area is 102 Å². The van der Waals surface area contributed by atoms with Gasteiger partial charge in [0.1, 0.15) is 0 Å². The summed E-state index contributed by atoms with van der Waals surface area (Å²) in [6, 6.07) is -0.0584. The van der Waals surface area contributed by atoms with Crippen LogP contribution in [0, 0.1) is 0 Å². The highest BCUT2D eigenvalue weighted by Gasteiger charge is 2.40. The van der Waals surface area contributed by atoms with E-state index in [9.17, 15) is 4.79 Å². The van der Waals surface area contributed by atoms with Crippen molar-refractivity contribution in [1.29, 1.82) is 0 Å². The molecular weight excluding hydrogens is 230 g/mol. The second-order valence-corrected chi connectivity index (χ2v) is 4.49. The molecule has 0 radical (unpaired) electrons. The van der Waals surface area contributed by atoms with Crippen LogP contribution in [0.1, 0.15) is 6.92 Å². The molecule has 16 heavy (non-hydrogen) atoms. The minimum atomic E-state index is -0.407. The quantitative estimate of drug-likeness (QED) is 0.668. The lowest BCUT2D eigenvalue weighted by molar-refractivity contribution is -0.131. The fourth-order valence-electron chi connectivity index (χ4n) is 2.33. The number of rotatable bonds is 1. The van der Waals surface area contributed by atoms with Crippen molar-refractivity contribution in [2.45, 2.75) is 25.1 Å². The average Bonchev–Trinajstić information content (AvgIpc) is 2.61. The van der Waals surface area contributed by atoms with Crippen LogP contribution in [0.15, 0.2) is 0 Å². The van der Waals surface area contributed by atoms with Gasteiger partial charge >= 0.3 is 0 Å². The van der Waals surface area contributed by atoms with E-state index < -0.39 is 6.04 Å². The van der Waals surface area contributed by atoms with Gasteiger partial charge in [-0.2, -0.15) is 0 Å². The molecule has 2 aliphatic rings. The Hall–Kier alpha value is -0.360. The van der Waals surface area contributed by atoms with Crippen LogP contribution in [-0.2, 0) is 9.53 Å². The topological polar surface area (TPSA) is 58.8 Å². The number of ether oxygens (including phenoxy) is 1. The lowest BCUT2D eigenvalue weighted by atomic mass is 10.1. The molecule has 1 amide bonds. The third-order valence-electron chi connectivity index (χ3n) is 3.28. The van der Waals surface area contributed by atoms with E-state index in [1.165, 1.54) is 0 Å². The number of nitrogens with zero attached hydrogens (tertiary/aromatic N) is 2. The van der Waals surface area contributed by atoms with Crippen molar-refractivity contribution in [3.63, 3.8) is 0 Å². The van der Waals surface area contributed by atoms with E-state index in [-0.39, 0.29) is 24.4 Å². The first-order chi connectivity index (χ1) is 7.09. The van der Waals surface area contributed by atoms with Crippen LogP contribution in [0.5, 0.6) is 0 Å². The number of carbonyl (C=O) groups is 1. The van der Waals surface area contributed by atoms with Crippen LogP contribution in [0.25, 0.3) is 0 Å². The maximum Gasteiger partial charge on any atom is 0.239 e. The van der Waals surface area contributed by atoms with Crippen LogP contribution in [0.3, 0.4) is 0 Å². The highest BCUT2D eigenvalue weighted by atomic mass is 35.5. The second-order valence-electron chi connectivity index (χ2n) is 4.49. The maximum absolute atomic E-state index is 11.7. The van der Waals surface area contributed by atoms with Gasteiger partial charge in [0.2, 0.25) is 5.91 Å². The smallest absolute Gasteiger partial charge is 0.239 e.